The van der Waals surface area contributed by atoms with E-state index in [1.807, 2.05) is 26.8 Å². The first-order chi connectivity index (χ1) is 15.2. The summed E-state index contributed by atoms with van der Waals surface area (Å²) in [6.45, 7) is 7.54. The van der Waals surface area contributed by atoms with Crippen LogP contribution >= 0.6 is 0 Å². The molecular weight excluding hydrogens is 402 g/mol. The van der Waals surface area contributed by atoms with Gasteiger partial charge in [0.15, 0.2) is 0 Å². The number of amides is 1. The lowest BCUT2D eigenvalue weighted by Crippen LogP contribution is -2.45. The van der Waals surface area contributed by atoms with Gasteiger partial charge in [0.1, 0.15) is 5.78 Å². The highest BCUT2D eigenvalue weighted by atomic mass is 16.3. The molecular formula is C27H51NO4. The zero-order chi connectivity index (χ0) is 24.2. The van der Waals surface area contributed by atoms with Crippen LogP contribution in [0.25, 0.3) is 0 Å². The molecule has 0 aromatic rings. The monoisotopic (exact) mass is 453 g/mol. The first-order valence-electron chi connectivity index (χ1n) is 13.0. The third-order valence-electron chi connectivity index (χ3n) is 5.91. The van der Waals surface area contributed by atoms with E-state index in [1.54, 1.807) is 6.08 Å². The Morgan fingerprint density at radius 2 is 1.38 bits per heavy atom. The lowest BCUT2D eigenvalue weighted by molar-refractivity contribution is -0.126. The van der Waals surface area contributed by atoms with Crippen LogP contribution in [0.2, 0.25) is 0 Å². The fourth-order valence-electron chi connectivity index (χ4n) is 3.60. The van der Waals surface area contributed by atoms with E-state index in [-0.39, 0.29) is 30.1 Å². The maximum absolute atomic E-state index is 12.1. The van der Waals surface area contributed by atoms with Gasteiger partial charge < -0.3 is 15.5 Å². The van der Waals surface area contributed by atoms with Gasteiger partial charge in [-0.15, -0.1) is 0 Å². The van der Waals surface area contributed by atoms with E-state index in [2.05, 4.69) is 12.2 Å². The molecule has 0 aliphatic carbocycles. The van der Waals surface area contributed by atoms with Gasteiger partial charge >= 0.3 is 0 Å². The van der Waals surface area contributed by atoms with E-state index in [4.69, 9.17) is 0 Å². The molecule has 0 rings (SSSR count). The summed E-state index contributed by atoms with van der Waals surface area (Å²) in [5.74, 6) is -0.113. The predicted molar refractivity (Wildman–Crippen MR) is 134 cm³/mol. The van der Waals surface area contributed by atoms with Crippen LogP contribution in [0.5, 0.6) is 0 Å². The van der Waals surface area contributed by atoms with E-state index in [9.17, 15) is 19.8 Å². The Bertz CT molecular complexity index is 510. The summed E-state index contributed by atoms with van der Waals surface area (Å²) < 4.78 is 0. The summed E-state index contributed by atoms with van der Waals surface area (Å²) in [5.41, 5.74) is -0.390. The molecule has 0 heterocycles. The number of aliphatic hydroxyl groups is 2. The quantitative estimate of drug-likeness (QED) is 0.159. The number of carbonyl (C=O) groups is 2. The molecule has 0 saturated heterocycles. The number of allylic oxidation sites excluding steroid dienone is 1. The van der Waals surface area contributed by atoms with Gasteiger partial charge in [0.05, 0.1) is 18.8 Å². The molecule has 5 heteroatoms. The number of nitrogens with one attached hydrogen (secondary N) is 1. The second-order valence-electron chi connectivity index (χ2n) is 10.1. The smallest absolute Gasteiger partial charge is 0.220 e. The number of ketones is 1. The highest BCUT2D eigenvalue weighted by Crippen LogP contribution is 2.18. The number of carbonyl (C=O) groups excluding carboxylic acids is 2. The Labute approximate surface area is 197 Å². The third kappa shape index (κ3) is 17.4. The van der Waals surface area contributed by atoms with Crippen molar-refractivity contribution in [3.05, 3.63) is 12.2 Å². The van der Waals surface area contributed by atoms with Crippen molar-refractivity contribution < 1.29 is 19.8 Å². The highest BCUT2D eigenvalue weighted by Gasteiger charge is 2.22. The second-order valence-corrected chi connectivity index (χ2v) is 10.1. The number of Topliss-reactive ketones (excluding diaryl/α,β-unsaturated/α-hetero) is 1. The minimum atomic E-state index is -0.909. The van der Waals surface area contributed by atoms with Gasteiger partial charge in [-0.25, -0.2) is 0 Å². The summed E-state index contributed by atoms with van der Waals surface area (Å²) in [6.07, 6.45) is 19.0. The Morgan fingerprint density at radius 3 is 1.88 bits per heavy atom. The zero-order valence-corrected chi connectivity index (χ0v) is 21.3. The van der Waals surface area contributed by atoms with Gasteiger partial charge in [0.2, 0.25) is 5.91 Å². The second kappa shape index (κ2) is 19.3. The lowest BCUT2D eigenvalue weighted by atomic mass is 9.88. The fraction of sp³-hybridized carbons (Fsp3) is 0.852. The standard InChI is InChI=1S/C27H51NO4/c1-5-6-7-8-9-10-11-12-13-14-15-16-17-19-24(30)23(22-29)28-26(32)21-18-20-25(31)27(2,3)4/h17,19,23-24,29-30H,5-16,18,20-22H2,1-4H3,(H,28,32)/b19-17+/t23-,24+/m0/s1. The summed E-state index contributed by atoms with van der Waals surface area (Å²) in [4.78, 5) is 24.0. The largest absolute Gasteiger partial charge is 0.394 e. The number of rotatable bonds is 20. The number of unbranched alkanes of at least 4 members (excludes halogenated alkanes) is 11. The van der Waals surface area contributed by atoms with Crippen molar-refractivity contribution in [1.29, 1.82) is 0 Å². The van der Waals surface area contributed by atoms with E-state index >= 15 is 0 Å². The molecule has 5 nitrogen and oxygen atoms in total. The van der Waals surface area contributed by atoms with Gasteiger partial charge in [0, 0.05) is 18.3 Å². The third-order valence-corrected chi connectivity index (χ3v) is 5.91. The summed E-state index contributed by atoms with van der Waals surface area (Å²) >= 11 is 0. The van der Waals surface area contributed by atoms with E-state index < -0.39 is 12.1 Å². The van der Waals surface area contributed by atoms with Crippen molar-refractivity contribution in [2.75, 3.05) is 6.61 Å². The van der Waals surface area contributed by atoms with Crippen LogP contribution in [0, 0.1) is 5.41 Å². The molecule has 32 heavy (non-hydrogen) atoms. The molecule has 0 aliphatic rings. The Balaban J connectivity index is 3.86. The van der Waals surface area contributed by atoms with E-state index in [0.29, 0.717) is 12.8 Å². The highest BCUT2D eigenvalue weighted by molar-refractivity contribution is 5.84. The van der Waals surface area contributed by atoms with E-state index in [1.165, 1.54) is 64.2 Å². The van der Waals surface area contributed by atoms with Gasteiger partial charge in [-0.1, -0.05) is 104 Å². The van der Waals surface area contributed by atoms with Crippen LogP contribution in [0.4, 0.5) is 0 Å². The normalized spacial score (nSPS) is 13.9. The maximum atomic E-state index is 12.1. The summed E-state index contributed by atoms with van der Waals surface area (Å²) in [5, 5.41) is 22.4. The van der Waals surface area contributed by atoms with Crippen molar-refractivity contribution in [2.45, 2.75) is 136 Å². The van der Waals surface area contributed by atoms with Crippen molar-refractivity contribution in [3.8, 4) is 0 Å². The van der Waals surface area contributed by atoms with Gasteiger partial charge in [-0.05, 0) is 19.3 Å². The molecule has 1 amide bonds. The molecule has 0 saturated carbocycles. The van der Waals surface area contributed by atoms with Crippen LogP contribution in [-0.2, 0) is 9.59 Å². The number of hydrogen-bond donors (Lipinski definition) is 3. The molecule has 3 N–H and O–H groups in total. The van der Waals surface area contributed by atoms with Gasteiger partial charge in [-0.2, -0.15) is 0 Å². The van der Waals surface area contributed by atoms with Crippen molar-refractivity contribution in [3.63, 3.8) is 0 Å². The maximum Gasteiger partial charge on any atom is 0.220 e. The molecule has 0 bridgehead atoms. The molecule has 2 atom stereocenters. The van der Waals surface area contributed by atoms with Crippen LogP contribution in [0.3, 0.4) is 0 Å². The summed E-state index contributed by atoms with van der Waals surface area (Å²) in [6, 6.07) is -0.714. The first-order valence-corrected chi connectivity index (χ1v) is 13.0. The fourth-order valence-corrected chi connectivity index (χ4v) is 3.60. The topological polar surface area (TPSA) is 86.6 Å². The van der Waals surface area contributed by atoms with E-state index in [0.717, 1.165) is 12.8 Å². The molecule has 0 spiro atoms. The van der Waals surface area contributed by atoms with Crippen LogP contribution in [0.15, 0.2) is 12.2 Å². The van der Waals surface area contributed by atoms with Crippen LogP contribution < -0.4 is 5.32 Å². The van der Waals surface area contributed by atoms with Crippen LogP contribution in [-0.4, -0.2) is 40.7 Å². The van der Waals surface area contributed by atoms with Gasteiger partial charge in [0.25, 0.3) is 0 Å². The number of hydrogen-bond acceptors (Lipinski definition) is 4. The Morgan fingerprint density at radius 1 is 0.844 bits per heavy atom. The average Bonchev–Trinajstić information content (AvgIpc) is 2.74. The van der Waals surface area contributed by atoms with Crippen molar-refractivity contribution in [1.82, 2.24) is 5.32 Å². The Kier molecular flexibility index (Phi) is 18.6. The lowest BCUT2D eigenvalue weighted by Gasteiger charge is -2.20. The summed E-state index contributed by atoms with van der Waals surface area (Å²) in [7, 11) is 0. The Hall–Kier alpha value is -1.20. The number of aliphatic hydroxyl groups excluding tert-OH is 2. The average molecular weight is 454 g/mol. The molecule has 0 radical (unpaired) electrons. The molecule has 0 fully saturated rings. The SMILES string of the molecule is CCCCCCCCCCCCC/C=C/[C@@H](O)[C@H](CO)NC(=O)CCCC(=O)C(C)(C)C. The van der Waals surface area contributed by atoms with Crippen LogP contribution in [0.1, 0.15) is 124 Å². The van der Waals surface area contributed by atoms with Crippen molar-refractivity contribution in [2.24, 2.45) is 5.41 Å². The predicted octanol–water partition coefficient (Wildman–Crippen LogP) is 5.87. The molecule has 0 aromatic carbocycles. The first kappa shape index (κ1) is 30.8. The minimum Gasteiger partial charge on any atom is -0.394 e. The molecule has 188 valence electrons. The molecule has 0 unspecified atom stereocenters. The van der Waals surface area contributed by atoms with Crippen molar-refractivity contribution >= 4 is 11.7 Å². The molecule has 0 aliphatic heterocycles. The zero-order valence-electron chi connectivity index (χ0n) is 21.3. The molecule has 0 aromatic heterocycles. The minimum absolute atomic E-state index is 0.134. The van der Waals surface area contributed by atoms with Gasteiger partial charge in [-0.3, -0.25) is 9.59 Å².